The molecule has 0 bridgehead atoms. The van der Waals surface area contributed by atoms with E-state index in [0.717, 1.165) is 23.6 Å². The van der Waals surface area contributed by atoms with Crippen LogP contribution in [-0.4, -0.2) is 27.2 Å². The minimum absolute atomic E-state index is 0.522. The summed E-state index contributed by atoms with van der Waals surface area (Å²) in [6, 6.07) is 7.92. The Morgan fingerprint density at radius 2 is 2.27 bits per heavy atom. The monoisotopic (exact) mass is 206 g/mol. The molecule has 0 fully saturated rings. The van der Waals surface area contributed by atoms with Crippen molar-refractivity contribution in [2.45, 2.75) is 0 Å². The minimum Gasteiger partial charge on any atom is -0.497 e. The number of benzene rings is 1. The molecule has 0 aromatic heterocycles. The topological polar surface area (TPSA) is 38.5 Å². The fourth-order valence-electron chi connectivity index (χ4n) is 1.34. The van der Waals surface area contributed by atoms with Gasteiger partial charge in [-0.15, -0.1) is 0 Å². The van der Waals surface area contributed by atoms with Crippen LogP contribution in [-0.2, 0) is 0 Å². The van der Waals surface area contributed by atoms with Crippen molar-refractivity contribution in [2.75, 3.05) is 32.1 Å². The lowest BCUT2D eigenvalue weighted by Crippen LogP contribution is -2.22. The Kier molecular flexibility index (Phi) is 4.18. The molecule has 15 heavy (non-hydrogen) atoms. The van der Waals surface area contributed by atoms with Gasteiger partial charge < -0.3 is 15.4 Å². The molecule has 82 valence electrons. The normalized spacial score (nSPS) is 9.80. The second kappa shape index (κ2) is 5.41. The number of nitrogens with two attached hydrogens (primary N) is 1. The molecule has 0 aliphatic heterocycles. The van der Waals surface area contributed by atoms with Crippen molar-refractivity contribution in [2.24, 2.45) is 5.73 Å². The molecular weight excluding hydrogens is 188 g/mol. The Balaban J connectivity index is 2.72. The molecule has 0 aliphatic carbocycles. The largest absolute Gasteiger partial charge is 0.497 e. The molecule has 1 rings (SSSR count). The van der Waals surface area contributed by atoms with Crippen molar-refractivity contribution in [3.63, 3.8) is 0 Å². The molecule has 0 unspecified atom stereocenters. The second-order valence-electron chi connectivity index (χ2n) is 3.51. The lowest BCUT2D eigenvalue weighted by molar-refractivity contribution is 0.415. The van der Waals surface area contributed by atoms with Crippen LogP contribution in [0.5, 0.6) is 5.75 Å². The van der Waals surface area contributed by atoms with E-state index < -0.39 is 0 Å². The Labute approximate surface area is 91.1 Å². The number of hydrogen-bond acceptors (Lipinski definition) is 3. The van der Waals surface area contributed by atoms with Crippen LogP contribution in [0.25, 0.3) is 0 Å². The quantitative estimate of drug-likeness (QED) is 0.744. The summed E-state index contributed by atoms with van der Waals surface area (Å²) in [6.07, 6.45) is 0. The maximum absolute atomic E-state index is 5.50. The predicted octanol–water partition coefficient (Wildman–Crippen LogP) is 1.65. The van der Waals surface area contributed by atoms with Gasteiger partial charge in [0.25, 0.3) is 0 Å². The first-order valence-electron chi connectivity index (χ1n) is 4.89. The molecule has 0 atom stereocenters. The average Bonchev–Trinajstić information content (AvgIpc) is 2.28. The number of nitrogens with zero attached hydrogens (tertiary/aromatic N) is 1. The number of rotatable bonds is 5. The van der Waals surface area contributed by atoms with Crippen LogP contribution >= 0.6 is 0 Å². The van der Waals surface area contributed by atoms with Crippen molar-refractivity contribution < 1.29 is 4.74 Å². The van der Waals surface area contributed by atoms with Crippen LogP contribution in [0.1, 0.15) is 0 Å². The molecule has 1 aromatic rings. The summed E-state index contributed by atoms with van der Waals surface area (Å²) in [5.74, 6) is 0.859. The maximum Gasteiger partial charge on any atom is 0.120 e. The zero-order valence-corrected chi connectivity index (χ0v) is 9.36. The van der Waals surface area contributed by atoms with Gasteiger partial charge >= 0.3 is 0 Å². The third kappa shape index (κ3) is 3.29. The number of ether oxygens (including phenoxy) is 1. The standard InChI is InChI=1S/C12H18N2O/c1-10(8-13)9-14(2)11-5-4-6-12(7-11)15-3/h4-7H,1,8-9,13H2,2-3H3. The van der Waals surface area contributed by atoms with Gasteiger partial charge in [-0.05, 0) is 17.7 Å². The highest BCUT2D eigenvalue weighted by Crippen LogP contribution is 2.20. The van der Waals surface area contributed by atoms with Crippen LogP contribution in [0.4, 0.5) is 5.69 Å². The number of methoxy groups -OCH3 is 1. The first kappa shape index (κ1) is 11.6. The number of likely N-dealkylation sites (N-methyl/N-ethyl adjacent to an activating group) is 1. The smallest absolute Gasteiger partial charge is 0.120 e. The Bertz CT molecular complexity index is 336. The lowest BCUT2D eigenvalue weighted by Gasteiger charge is -2.20. The summed E-state index contributed by atoms with van der Waals surface area (Å²) in [5, 5.41) is 0. The Hall–Kier alpha value is -1.48. The van der Waals surface area contributed by atoms with Gasteiger partial charge in [0.1, 0.15) is 5.75 Å². The van der Waals surface area contributed by atoms with Gasteiger partial charge in [-0.2, -0.15) is 0 Å². The SMILES string of the molecule is C=C(CN)CN(C)c1cccc(OC)c1. The third-order valence-electron chi connectivity index (χ3n) is 2.24. The molecule has 3 nitrogen and oxygen atoms in total. The van der Waals surface area contributed by atoms with Crippen molar-refractivity contribution in [1.29, 1.82) is 0 Å². The van der Waals surface area contributed by atoms with E-state index in [2.05, 4.69) is 11.5 Å². The molecule has 1 aromatic carbocycles. The van der Waals surface area contributed by atoms with E-state index in [1.54, 1.807) is 7.11 Å². The van der Waals surface area contributed by atoms with Crippen LogP contribution in [0.15, 0.2) is 36.4 Å². The van der Waals surface area contributed by atoms with E-state index in [0.29, 0.717) is 6.54 Å². The molecule has 0 radical (unpaired) electrons. The first-order valence-corrected chi connectivity index (χ1v) is 4.89. The second-order valence-corrected chi connectivity index (χ2v) is 3.51. The minimum atomic E-state index is 0.522. The fraction of sp³-hybridized carbons (Fsp3) is 0.333. The van der Waals surface area contributed by atoms with E-state index in [1.165, 1.54) is 0 Å². The van der Waals surface area contributed by atoms with E-state index in [9.17, 15) is 0 Å². The van der Waals surface area contributed by atoms with Gasteiger partial charge in [-0.3, -0.25) is 0 Å². The highest BCUT2D eigenvalue weighted by Gasteiger charge is 2.02. The van der Waals surface area contributed by atoms with E-state index in [1.807, 2.05) is 31.3 Å². The summed E-state index contributed by atoms with van der Waals surface area (Å²) in [7, 11) is 3.67. The molecule has 0 saturated carbocycles. The van der Waals surface area contributed by atoms with Crippen LogP contribution in [0, 0.1) is 0 Å². The molecular formula is C12H18N2O. The van der Waals surface area contributed by atoms with E-state index in [-0.39, 0.29) is 0 Å². The zero-order chi connectivity index (χ0) is 11.3. The highest BCUT2D eigenvalue weighted by molar-refractivity contribution is 5.50. The van der Waals surface area contributed by atoms with Crippen LogP contribution in [0.3, 0.4) is 0 Å². The Morgan fingerprint density at radius 1 is 1.53 bits per heavy atom. The van der Waals surface area contributed by atoms with Crippen molar-refractivity contribution in [3.05, 3.63) is 36.4 Å². The first-order chi connectivity index (χ1) is 7.17. The number of hydrogen-bond donors (Lipinski definition) is 1. The average molecular weight is 206 g/mol. The summed E-state index contributed by atoms with van der Waals surface area (Å²) >= 11 is 0. The van der Waals surface area contributed by atoms with Gasteiger partial charge in [0.05, 0.1) is 7.11 Å². The van der Waals surface area contributed by atoms with Crippen molar-refractivity contribution >= 4 is 5.69 Å². The lowest BCUT2D eigenvalue weighted by atomic mass is 10.2. The van der Waals surface area contributed by atoms with Crippen LogP contribution in [0.2, 0.25) is 0 Å². The van der Waals surface area contributed by atoms with Gasteiger partial charge in [-0.25, -0.2) is 0 Å². The molecule has 0 heterocycles. The fourth-order valence-corrected chi connectivity index (χ4v) is 1.34. The zero-order valence-electron chi connectivity index (χ0n) is 9.36. The van der Waals surface area contributed by atoms with E-state index >= 15 is 0 Å². The van der Waals surface area contributed by atoms with Crippen molar-refractivity contribution in [3.8, 4) is 5.75 Å². The molecule has 0 amide bonds. The van der Waals surface area contributed by atoms with Crippen molar-refractivity contribution in [1.82, 2.24) is 0 Å². The van der Waals surface area contributed by atoms with Gasteiger partial charge in [-0.1, -0.05) is 12.6 Å². The summed E-state index contributed by atoms with van der Waals surface area (Å²) < 4.78 is 5.16. The van der Waals surface area contributed by atoms with Gasteiger partial charge in [0.2, 0.25) is 0 Å². The van der Waals surface area contributed by atoms with E-state index in [4.69, 9.17) is 10.5 Å². The van der Waals surface area contributed by atoms with Crippen LogP contribution < -0.4 is 15.4 Å². The molecule has 0 saturated heterocycles. The Morgan fingerprint density at radius 3 is 2.87 bits per heavy atom. The summed E-state index contributed by atoms with van der Waals surface area (Å²) in [5.41, 5.74) is 7.62. The third-order valence-corrected chi connectivity index (χ3v) is 2.24. The maximum atomic E-state index is 5.50. The molecule has 3 heteroatoms. The predicted molar refractivity (Wildman–Crippen MR) is 64.5 cm³/mol. The van der Waals surface area contributed by atoms with Gasteiger partial charge in [0, 0.05) is 31.9 Å². The molecule has 0 spiro atoms. The summed E-state index contributed by atoms with van der Waals surface area (Å²) in [4.78, 5) is 2.09. The number of anilines is 1. The van der Waals surface area contributed by atoms with Gasteiger partial charge in [0.15, 0.2) is 0 Å². The highest BCUT2D eigenvalue weighted by atomic mass is 16.5. The summed E-state index contributed by atoms with van der Waals surface area (Å²) in [6.45, 7) is 5.17. The molecule has 0 aliphatic rings. The molecule has 2 N–H and O–H groups in total.